The molecule has 0 radical (unpaired) electrons. The van der Waals surface area contributed by atoms with E-state index in [2.05, 4.69) is 24.1 Å². The molecule has 0 unspecified atom stereocenters. The van der Waals surface area contributed by atoms with Gasteiger partial charge in [0.15, 0.2) is 11.5 Å². The molecular weight excluding hydrogens is 554 g/mol. The normalized spacial score (nSPS) is 18.2. The average molecular weight is 602 g/mol. The molecule has 1 N–H and O–H groups in total. The van der Waals surface area contributed by atoms with E-state index < -0.39 is 0 Å². The van der Waals surface area contributed by atoms with Gasteiger partial charge in [0, 0.05) is 63.0 Å². The Morgan fingerprint density at radius 1 is 0.952 bits per heavy atom. The average Bonchev–Trinajstić information content (AvgIpc) is 3.82. The summed E-state index contributed by atoms with van der Waals surface area (Å²) in [5, 5.41) is 3.70. The quantitative estimate of drug-likeness (QED) is 0.285. The van der Waals surface area contributed by atoms with Crippen LogP contribution in [0.15, 0.2) is 48.5 Å². The number of ether oxygens (including phenoxy) is 3. The van der Waals surface area contributed by atoms with Crippen molar-refractivity contribution in [1.82, 2.24) is 15.1 Å². The Kier molecular flexibility index (Phi) is 13.4. The van der Waals surface area contributed by atoms with E-state index in [1.165, 1.54) is 0 Å². The maximum atomic E-state index is 13.8. The fourth-order valence-corrected chi connectivity index (χ4v) is 5.73. The molecule has 2 fully saturated rings. The molecular formula is C33H48ClN3O5. The summed E-state index contributed by atoms with van der Waals surface area (Å²) < 4.78 is 16.5. The van der Waals surface area contributed by atoms with Gasteiger partial charge in [0.2, 0.25) is 5.91 Å². The molecule has 8 nitrogen and oxygen atoms in total. The summed E-state index contributed by atoms with van der Waals surface area (Å²) in [4.78, 5) is 30.9. The molecule has 1 heterocycles. The van der Waals surface area contributed by atoms with Crippen LogP contribution in [-0.2, 0) is 16.0 Å². The highest BCUT2D eigenvalue weighted by atomic mass is 35.5. The molecule has 2 aromatic rings. The highest BCUT2D eigenvalue weighted by molar-refractivity contribution is 5.95. The minimum atomic E-state index is 0. The number of nitrogens with zero attached hydrogens (tertiary/aromatic N) is 2. The van der Waals surface area contributed by atoms with Crippen LogP contribution in [0.1, 0.15) is 68.3 Å². The van der Waals surface area contributed by atoms with Crippen molar-refractivity contribution in [2.75, 3.05) is 40.5 Å². The summed E-state index contributed by atoms with van der Waals surface area (Å²) in [7, 11) is 3.27. The Balaban J connectivity index is 0.00000484. The maximum Gasteiger partial charge on any atom is 0.254 e. The number of hydrogen-bond acceptors (Lipinski definition) is 6. The lowest BCUT2D eigenvalue weighted by molar-refractivity contribution is -0.131. The number of nitrogens with one attached hydrogen (secondary N) is 1. The van der Waals surface area contributed by atoms with E-state index in [1.54, 1.807) is 26.4 Å². The standard InChI is InChI=1S/C33H47N3O5.ClH/c1-24(2)36(33(38)26-11-16-30(40-4)31(22-26)41-20-8-19-39-3)29-13-12-27(34-23-29)17-18-35(28-14-15-28)32(37)21-25-9-6-5-7-10-25;/h5-7,9-11,16,22,24,27-29,34H,8,12-15,17-21,23H2,1-4H3;1H/t27-,29+;/m0./s1. The molecule has 0 bridgehead atoms. The van der Waals surface area contributed by atoms with Gasteiger partial charge in [-0.3, -0.25) is 9.59 Å². The summed E-state index contributed by atoms with van der Waals surface area (Å²) >= 11 is 0. The number of benzene rings is 2. The zero-order valence-electron chi connectivity index (χ0n) is 25.6. The fraction of sp³-hybridized carbons (Fsp3) is 0.576. The predicted molar refractivity (Wildman–Crippen MR) is 168 cm³/mol. The molecule has 2 aromatic carbocycles. The summed E-state index contributed by atoms with van der Waals surface area (Å²) in [6, 6.07) is 16.3. The Morgan fingerprint density at radius 2 is 1.69 bits per heavy atom. The zero-order valence-corrected chi connectivity index (χ0v) is 26.4. The predicted octanol–water partition coefficient (Wildman–Crippen LogP) is 5.13. The largest absolute Gasteiger partial charge is 0.493 e. The second-order valence-corrected chi connectivity index (χ2v) is 11.5. The third kappa shape index (κ3) is 9.35. The number of methoxy groups -OCH3 is 2. The van der Waals surface area contributed by atoms with E-state index in [-0.39, 0.29) is 36.3 Å². The Bertz CT molecular complexity index is 1120. The molecule has 2 aliphatic rings. The van der Waals surface area contributed by atoms with Crippen molar-refractivity contribution in [2.45, 2.75) is 83.0 Å². The number of halogens is 1. The molecule has 0 aromatic heterocycles. The number of carbonyl (C=O) groups is 2. The number of rotatable bonds is 15. The first-order chi connectivity index (χ1) is 19.9. The fourth-order valence-electron chi connectivity index (χ4n) is 5.73. The Morgan fingerprint density at radius 3 is 2.31 bits per heavy atom. The molecule has 2 amide bonds. The minimum Gasteiger partial charge on any atom is -0.493 e. The van der Waals surface area contributed by atoms with Crippen molar-refractivity contribution < 1.29 is 23.8 Å². The van der Waals surface area contributed by atoms with Gasteiger partial charge in [-0.1, -0.05) is 30.3 Å². The first-order valence-electron chi connectivity index (χ1n) is 15.1. The molecule has 232 valence electrons. The molecule has 1 saturated carbocycles. The molecule has 1 aliphatic heterocycles. The van der Waals surface area contributed by atoms with E-state index in [9.17, 15) is 9.59 Å². The maximum absolute atomic E-state index is 13.8. The van der Waals surface area contributed by atoms with Crippen LogP contribution in [0.5, 0.6) is 11.5 Å². The molecule has 2 atom stereocenters. The lowest BCUT2D eigenvalue weighted by Crippen LogP contribution is -2.54. The molecule has 1 saturated heterocycles. The van der Waals surface area contributed by atoms with Crippen molar-refractivity contribution in [3.8, 4) is 11.5 Å². The highest BCUT2D eigenvalue weighted by Gasteiger charge is 2.34. The monoisotopic (exact) mass is 601 g/mol. The molecule has 42 heavy (non-hydrogen) atoms. The topological polar surface area (TPSA) is 80.3 Å². The number of carbonyl (C=O) groups excluding carboxylic acids is 2. The van der Waals surface area contributed by atoms with Crippen LogP contribution in [0, 0.1) is 0 Å². The minimum absolute atomic E-state index is 0. The van der Waals surface area contributed by atoms with Crippen LogP contribution in [0.2, 0.25) is 0 Å². The Hall–Kier alpha value is -2.81. The van der Waals surface area contributed by atoms with Gasteiger partial charge in [0.05, 0.1) is 20.1 Å². The van der Waals surface area contributed by atoms with Crippen LogP contribution in [0.3, 0.4) is 0 Å². The third-order valence-electron chi connectivity index (χ3n) is 8.06. The lowest BCUT2D eigenvalue weighted by atomic mass is 9.95. The lowest BCUT2D eigenvalue weighted by Gasteiger charge is -2.40. The van der Waals surface area contributed by atoms with Crippen LogP contribution in [-0.4, -0.2) is 86.3 Å². The molecule has 1 aliphatic carbocycles. The second-order valence-electron chi connectivity index (χ2n) is 11.5. The van der Waals surface area contributed by atoms with Crippen LogP contribution in [0.4, 0.5) is 0 Å². The van der Waals surface area contributed by atoms with Gasteiger partial charge < -0.3 is 29.3 Å². The highest BCUT2D eigenvalue weighted by Crippen LogP contribution is 2.31. The van der Waals surface area contributed by atoms with Crippen LogP contribution >= 0.6 is 12.4 Å². The second kappa shape index (κ2) is 16.7. The SMILES string of the molecule is COCCCOc1cc(C(=O)N(C(C)C)[C@@H]2CC[C@@H](CCN(C(=O)Cc3ccccc3)C3CC3)NC2)ccc1OC.Cl. The third-order valence-corrected chi connectivity index (χ3v) is 8.06. The Labute approximate surface area is 257 Å². The van der Waals surface area contributed by atoms with E-state index in [0.717, 1.165) is 57.2 Å². The van der Waals surface area contributed by atoms with Gasteiger partial charge >= 0.3 is 0 Å². The van der Waals surface area contributed by atoms with Crippen molar-refractivity contribution in [3.05, 3.63) is 59.7 Å². The van der Waals surface area contributed by atoms with Crippen LogP contribution < -0.4 is 14.8 Å². The number of piperidine rings is 1. The summed E-state index contributed by atoms with van der Waals surface area (Å²) in [6.45, 7) is 6.76. The van der Waals surface area contributed by atoms with Gasteiger partial charge in [0.1, 0.15) is 0 Å². The smallest absolute Gasteiger partial charge is 0.254 e. The zero-order chi connectivity index (χ0) is 29.2. The van der Waals surface area contributed by atoms with E-state index >= 15 is 0 Å². The number of amides is 2. The van der Waals surface area contributed by atoms with Gasteiger partial charge in [0.25, 0.3) is 5.91 Å². The van der Waals surface area contributed by atoms with Gasteiger partial charge in [-0.05, 0) is 69.7 Å². The van der Waals surface area contributed by atoms with Crippen LogP contribution in [0.25, 0.3) is 0 Å². The van der Waals surface area contributed by atoms with E-state index in [0.29, 0.717) is 48.8 Å². The first-order valence-corrected chi connectivity index (χ1v) is 15.1. The van der Waals surface area contributed by atoms with E-state index in [1.807, 2.05) is 41.3 Å². The number of hydrogen-bond donors (Lipinski definition) is 1. The summed E-state index contributed by atoms with van der Waals surface area (Å²) in [6.07, 6.45) is 6.28. The molecule has 4 rings (SSSR count). The van der Waals surface area contributed by atoms with Crippen molar-refractivity contribution in [1.29, 1.82) is 0 Å². The summed E-state index contributed by atoms with van der Waals surface area (Å²) in [5.74, 6) is 1.41. The van der Waals surface area contributed by atoms with Gasteiger partial charge in [-0.25, -0.2) is 0 Å². The molecule has 0 spiro atoms. The first kappa shape index (κ1) is 33.7. The molecule has 9 heteroatoms. The van der Waals surface area contributed by atoms with E-state index in [4.69, 9.17) is 14.2 Å². The van der Waals surface area contributed by atoms with Crippen molar-refractivity contribution >= 4 is 24.2 Å². The summed E-state index contributed by atoms with van der Waals surface area (Å²) in [5.41, 5.74) is 1.67. The van der Waals surface area contributed by atoms with Crippen molar-refractivity contribution in [2.24, 2.45) is 0 Å². The van der Waals surface area contributed by atoms with Crippen molar-refractivity contribution in [3.63, 3.8) is 0 Å². The van der Waals surface area contributed by atoms with Gasteiger partial charge in [-0.15, -0.1) is 12.4 Å². The van der Waals surface area contributed by atoms with Gasteiger partial charge in [-0.2, -0.15) is 0 Å².